The van der Waals surface area contributed by atoms with E-state index in [1.165, 1.54) is 36.1 Å². The fourth-order valence-electron chi connectivity index (χ4n) is 1.52. The maximum atomic E-state index is 8.52. The number of diazo groups is 1. The van der Waals surface area contributed by atoms with Gasteiger partial charge in [0, 0.05) is 10.9 Å². The number of thiophene rings is 1. The highest BCUT2D eigenvalue weighted by Crippen LogP contribution is 2.34. The highest BCUT2D eigenvalue weighted by Gasteiger charge is 2.18. The standard InChI is InChI=1S/C8H9N2S/c9-10-8-5-6-3-1-2-4-7(6)11-8/h5H,1-4H2/q+1. The monoisotopic (exact) mass is 165 g/mol. The summed E-state index contributed by atoms with van der Waals surface area (Å²) in [5.41, 5.74) is 1.40. The molecule has 1 aliphatic carbocycles. The fraction of sp³-hybridized carbons (Fsp3) is 0.500. The molecule has 2 rings (SSSR count). The molecule has 3 heteroatoms. The highest BCUT2D eigenvalue weighted by molar-refractivity contribution is 7.16. The van der Waals surface area contributed by atoms with E-state index in [4.69, 9.17) is 5.39 Å². The predicted molar refractivity (Wildman–Crippen MR) is 45.7 cm³/mol. The molecular weight excluding hydrogens is 156 g/mol. The molecular formula is C8H9N2S+. The van der Waals surface area contributed by atoms with Crippen molar-refractivity contribution in [1.82, 2.24) is 0 Å². The van der Waals surface area contributed by atoms with Gasteiger partial charge in [0.2, 0.25) is 5.39 Å². The van der Waals surface area contributed by atoms with Crippen molar-refractivity contribution >= 4 is 16.3 Å². The lowest BCUT2D eigenvalue weighted by atomic mass is 10.00. The van der Waals surface area contributed by atoms with Crippen molar-refractivity contribution in [2.24, 2.45) is 0 Å². The number of rotatable bonds is 0. The topological polar surface area (TPSA) is 28.1 Å². The molecule has 0 bridgehead atoms. The number of nitrogens with zero attached hydrogens (tertiary/aromatic N) is 2. The van der Waals surface area contributed by atoms with Crippen molar-refractivity contribution < 1.29 is 0 Å². The summed E-state index contributed by atoms with van der Waals surface area (Å²) in [4.78, 5) is 4.61. The second-order valence-electron chi connectivity index (χ2n) is 2.84. The lowest BCUT2D eigenvalue weighted by Gasteiger charge is -2.07. The Hall–Kier alpha value is -0.880. The summed E-state index contributed by atoms with van der Waals surface area (Å²) in [5.74, 6) is 0. The van der Waals surface area contributed by atoms with Gasteiger partial charge in [0.15, 0.2) is 4.98 Å². The van der Waals surface area contributed by atoms with Crippen molar-refractivity contribution in [2.75, 3.05) is 0 Å². The molecule has 0 saturated heterocycles. The Morgan fingerprint density at radius 3 is 2.91 bits per heavy atom. The van der Waals surface area contributed by atoms with E-state index in [-0.39, 0.29) is 0 Å². The first kappa shape index (κ1) is 6.81. The van der Waals surface area contributed by atoms with Gasteiger partial charge in [-0.2, -0.15) is 0 Å². The third-order valence-corrected chi connectivity index (χ3v) is 3.20. The lowest BCUT2D eigenvalue weighted by molar-refractivity contribution is 0.697. The molecule has 56 valence electrons. The molecule has 11 heavy (non-hydrogen) atoms. The van der Waals surface area contributed by atoms with Crippen LogP contribution in [0.3, 0.4) is 0 Å². The van der Waals surface area contributed by atoms with Crippen molar-refractivity contribution in [3.8, 4) is 0 Å². The molecule has 0 amide bonds. The summed E-state index contributed by atoms with van der Waals surface area (Å²) in [6, 6.07) is 2.00. The van der Waals surface area contributed by atoms with Crippen LogP contribution in [0.25, 0.3) is 4.98 Å². The molecule has 0 aromatic carbocycles. The summed E-state index contributed by atoms with van der Waals surface area (Å²) in [5, 5.41) is 9.28. The molecule has 0 N–H and O–H groups in total. The number of aryl methyl sites for hydroxylation is 2. The summed E-state index contributed by atoms with van der Waals surface area (Å²) in [6.07, 6.45) is 4.92. The molecule has 1 aromatic heterocycles. The molecule has 1 aromatic rings. The van der Waals surface area contributed by atoms with E-state index in [0.29, 0.717) is 0 Å². The van der Waals surface area contributed by atoms with Gasteiger partial charge < -0.3 is 0 Å². The van der Waals surface area contributed by atoms with E-state index in [9.17, 15) is 0 Å². The Balaban J connectivity index is 2.42. The molecule has 0 fully saturated rings. The van der Waals surface area contributed by atoms with Crippen molar-refractivity contribution in [3.05, 3.63) is 21.5 Å². The minimum absolute atomic E-state index is 0.761. The minimum atomic E-state index is 0.761. The van der Waals surface area contributed by atoms with Gasteiger partial charge in [-0.1, -0.05) is 11.3 Å². The minimum Gasteiger partial charge on any atom is -0.0502 e. The van der Waals surface area contributed by atoms with Crippen LogP contribution in [-0.2, 0) is 12.8 Å². The van der Waals surface area contributed by atoms with Crippen molar-refractivity contribution in [3.63, 3.8) is 0 Å². The fourth-order valence-corrected chi connectivity index (χ4v) is 2.56. The Labute approximate surface area is 69.5 Å². The summed E-state index contributed by atoms with van der Waals surface area (Å²) in [7, 11) is 0. The van der Waals surface area contributed by atoms with E-state index in [0.717, 1.165) is 5.00 Å². The smallest absolute Gasteiger partial charge is 0.0502 e. The van der Waals surface area contributed by atoms with E-state index in [2.05, 4.69) is 4.98 Å². The van der Waals surface area contributed by atoms with Crippen LogP contribution < -0.4 is 0 Å². The Morgan fingerprint density at radius 2 is 2.18 bits per heavy atom. The van der Waals surface area contributed by atoms with Gasteiger partial charge in [0.1, 0.15) is 0 Å². The molecule has 1 heterocycles. The first-order valence-corrected chi connectivity index (χ1v) is 4.68. The maximum Gasteiger partial charge on any atom is 0.441 e. The van der Waals surface area contributed by atoms with Gasteiger partial charge >= 0.3 is 5.00 Å². The zero-order valence-electron chi connectivity index (χ0n) is 6.21. The van der Waals surface area contributed by atoms with Crippen LogP contribution in [-0.4, -0.2) is 0 Å². The van der Waals surface area contributed by atoms with Gasteiger partial charge in [-0.25, -0.2) is 0 Å². The molecule has 0 radical (unpaired) electrons. The van der Waals surface area contributed by atoms with E-state index in [1.807, 2.05) is 6.07 Å². The molecule has 0 aliphatic heterocycles. The maximum absolute atomic E-state index is 8.52. The van der Waals surface area contributed by atoms with E-state index >= 15 is 0 Å². The average molecular weight is 165 g/mol. The SMILES string of the molecule is N#[N+]c1cc2c(s1)CCCC2. The Morgan fingerprint density at radius 1 is 1.36 bits per heavy atom. The zero-order valence-corrected chi connectivity index (χ0v) is 7.02. The Bertz CT molecular complexity index is 285. The number of hydrogen-bond donors (Lipinski definition) is 0. The second kappa shape index (κ2) is 2.63. The normalized spacial score (nSPS) is 15.5. The third kappa shape index (κ3) is 1.14. The number of fused-ring (bicyclic) bond motifs is 1. The van der Waals surface area contributed by atoms with Crippen LogP contribution in [0.5, 0.6) is 0 Å². The quantitative estimate of drug-likeness (QED) is 0.543. The predicted octanol–water partition coefficient (Wildman–Crippen LogP) is 3.11. The summed E-state index contributed by atoms with van der Waals surface area (Å²) >= 11 is 1.62. The molecule has 0 spiro atoms. The largest absolute Gasteiger partial charge is 0.441 e. The summed E-state index contributed by atoms with van der Waals surface area (Å²) in [6.45, 7) is 0. The van der Waals surface area contributed by atoms with Gasteiger partial charge in [0.25, 0.3) is 0 Å². The molecule has 2 nitrogen and oxygen atoms in total. The number of hydrogen-bond acceptors (Lipinski definition) is 2. The van der Waals surface area contributed by atoms with Gasteiger partial charge in [-0.15, -0.1) is 0 Å². The molecule has 0 atom stereocenters. The van der Waals surface area contributed by atoms with Crippen LogP contribution in [0.15, 0.2) is 6.07 Å². The van der Waals surface area contributed by atoms with Crippen LogP contribution in [0.1, 0.15) is 23.3 Å². The van der Waals surface area contributed by atoms with Crippen LogP contribution in [0.4, 0.5) is 5.00 Å². The second-order valence-corrected chi connectivity index (χ2v) is 3.96. The lowest BCUT2D eigenvalue weighted by Crippen LogP contribution is -1.96. The van der Waals surface area contributed by atoms with Gasteiger partial charge in [-0.05, 0) is 31.2 Å². The molecule has 0 unspecified atom stereocenters. The van der Waals surface area contributed by atoms with Crippen LogP contribution in [0.2, 0.25) is 0 Å². The van der Waals surface area contributed by atoms with E-state index in [1.54, 1.807) is 11.3 Å². The average Bonchev–Trinajstić information content (AvgIpc) is 2.46. The van der Waals surface area contributed by atoms with Crippen LogP contribution in [0, 0.1) is 5.39 Å². The molecule has 0 saturated carbocycles. The van der Waals surface area contributed by atoms with Crippen molar-refractivity contribution in [2.45, 2.75) is 25.7 Å². The van der Waals surface area contributed by atoms with Gasteiger partial charge in [0.05, 0.1) is 0 Å². The first-order chi connectivity index (χ1) is 5.40. The van der Waals surface area contributed by atoms with Crippen LogP contribution >= 0.6 is 11.3 Å². The Kier molecular flexibility index (Phi) is 1.63. The van der Waals surface area contributed by atoms with E-state index < -0.39 is 0 Å². The van der Waals surface area contributed by atoms with Crippen molar-refractivity contribution in [1.29, 1.82) is 5.39 Å². The molecule has 1 aliphatic rings. The third-order valence-electron chi connectivity index (χ3n) is 2.08. The highest BCUT2D eigenvalue weighted by atomic mass is 32.1. The summed E-state index contributed by atoms with van der Waals surface area (Å²) < 4.78 is 0. The first-order valence-electron chi connectivity index (χ1n) is 3.87. The van der Waals surface area contributed by atoms with Gasteiger partial charge in [-0.3, -0.25) is 0 Å². The zero-order chi connectivity index (χ0) is 7.68.